The highest BCUT2D eigenvalue weighted by molar-refractivity contribution is 8.02. The van der Waals surface area contributed by atoms with Crippen LogP contribution in [0.25, 0.3) is 0 Å². The number of hydrogen-bond donors (Lipinski definition) is 1. The molecule has 1 aliphatic heterocycles. The molecule has 9 nitrogen and oxygen atoms in total. The number of benzene rings is 1. The SMILES string of the molecule is COc1cccc([N+](=O)[O-])c1CC=CCONC(=O)N1[C]=CSC1c1ccncc1. The molecule has 1 unspecified atom stereocenters. The van der Waals surface area contributed by atoms with E-state index in [0.29, 0.717) is 17.7 Å². The van der Waals surface area contributed by atoms with Gasteiger partial charge in [-0.25, -0.2) is 10.3 Å². The van der Waals surface area contributed by atoms with Gasteiger partial charge in [0.2, 0.25) is 0 Å². The number of carbonyl (C=O) groups excluding carboxylic acids is 1. The van der Waals surface area contributed by atoms with E-state index in [9.17, 15) is 14.9 Å². The molecule has 1 aromatic heterocycles. The maximum atomic E-state index is 12.3. The van der Waals surface area contributed by atoms with E-state index >= 15 is 0 Å². The molecule has 2 heterocycles. The lowest BCUT2D eigenvalue weighted by molar-refractivity contribution is -0.385. The highest BCUT2D eigenvalue weighted by Crippen LogP contribution is 2.37. The summed E-state index contributed by atoms with van der Waals surface area (Å²) >= 11 is 1.45. The van der Waals surface area contributed by atoms with E-state index in [1.165, 1.54) is 29.8 Å². The third-order valence-corrected chi connectivity index (χ3v) is 5.17. The predicted molar refractivity (Wildman–Crippen MR) is 111 cm³/mol. The van der Waals surface area contributed by atoms with Gasteiger partial charge in [-0.15, -0.1) is 11.8 Å². The molecule has 1 radical (unpaired) electrons. The summed E-state index contributed by atoms with van der Waals surface area (Å²) in [5.41, 5.74) is 3.75. The van der Waals surface area contributed by atoms with Gasteiger partial charge in [-0.2, -0.15) is 0 Å². The molecule has 0 spiro atoms. The number of nitrogens with one attached hydrogen (secondary N) is 1. The van der Waals surface area contributed by atoms with E-state index in [1.54, 1.807) is 42.1 Å². The number of methoxy groups -OCH3 is 1. The van der Waals surface area contributed by atoms with Gasteiger partial charge in [-0.1, -0.05) is 18.2 Å². The Hall–Kier alpha value is -3.37. The van der Waals surface area contributed by atoms with Crippen molar-refractivity contribution in [2.45, 2.75) is 11.8 Å². The minimum atomic E-state index is -0.452. The number of hydrogen-bond acceptors (Lipinski definition) is 7. The Kier molecular flexibility index (Phi) is 7.41. The maximum absolute atomic E-state index is 12.3. The number of ether oxygens (including phenoxy) is 1. The van der Waals surface area contributed by atoms with Crippen molar-refractivity contribution in [2.24, 2.45) is 0 Å². The lowest BCUT2D eigenvalue weighted by atomic mass is 10.1. The summed E-state index contributed by atoms with van der Waals surface area (Å²) in [7, 11) is 1.46. The molecule has 0 aliphatic carbocycles. The number of amides is 2. The Bertz CT molecular complexity index is 951. The van der Waals surface area contributed by atoms with Crippen molar-refractivity contribution in [1.29, 1.82) is 0 Å². The molecule has 1 aromatic carbocycles. The van der Waals surface area contributed by atoms with Crippen molar-refractivity contribution in [3.8, 4) is 5.75 Å². The van der Waals surface area contributed by atoms with Gasteiger partial charge in [0.15, 0.2) is 0 Å². The van der Waals surface area contributed by atoms with Crippen molar-refractivity contribution in [1.82, 2.24) is 15.4 Å². The smallest absolute Gasteiger partial charge is 0.347 e. The van der Waals surface area contributed by atoms with E-state index < -0.39 is 11.0 Å². The minimum Gasteiger partial charge on any atom is -0.496 e. The number of nitro groups is 1. The van der Waals surface area contributed by atoms with Gasteiger partial charge in [-0.3, -0.25) is 24.8 Å². The third kappa shape index (κ3) is 5.16. The van der Waals surface area contributed by atoms with Crippen LogP contribution < -0.4 is 10.2 Å². The van der Waals surface area contributed by atoms with Crippen LogP contribution in [0.15, 0.2) is 60.3 Å². The molecule has 1 aliphatic rings. The second kappa shape index (κ2) is 10.4. The summed E-state index contributed by atoms with van der Waals surface area (Å²) in [5, 5.41) is 12.7. The molecular weight excluding hydrogens is 408 g/mol. The van der Waals surface area contributed by atoms with Gasteiger partial charge in [-0.05, 0) is 29.2 Å². The summed E-state index contributed by atoms with van der Waals surface area (Å²) in [6.07, 6.45) is 9.87. The standard InChI is InChI=1S/C20H19N4O5S/c1-28-18-7-4-6-17(24(26)27)16(18)5-2-3-13-29-22-20(25)23-12-14-30-19(23)15-8-10-21-11-9-15/h2-4,6-11,14,19H,5,13H2,1H3,(H,22,25). The number of aromatic nitrogens is 1. The first-order valence-corrected chi connectivity index (χ1v) is 9.85. The fourth-order valence-corrected chi connectivity index (χ4v) is 3.69. The summed E-state index contributed by atoms with van der Waals surface area (Å²) in [5.74, 6) is 0.444. The molecule has 1 N–H and O–H groups in total. The highest BCUT2D eigenvalue weighted by atomic mass is 32.2. The summed E-state index contributed by atoms with van der Waals surface area (Å²) in [4.78, 5) is 33.7. The van der Waals surface area contributed by atoms with E-state index in [-0.39, 0.29) is 17.7 Å². The molecule has 1 atom stereocenters. The first kappa shape index (κ1) is 21.3. The van der Waals surface area contributed by atoms with Crippen LogP contribution in [0.2, 0.25) is 0 Å². The van der Waals surface area contributed by atoms with Crippen LogP contribution in [0.1, 0.15) is 16.5 Å². The fraction of sp³-hybridized carbons (Fsp3) is 0.200. The van der Waals surface area contributed by atoms with E-state index in [0.717, 1.165) is 5.56 Å². The molecule has 0 bridgehead atoms. The largest absolute Gasteiger partial charge is 0.496 e. The zero-order valence-electron chi connectivity index (χ0n) is 16.1. The zero-order valence-corrected chi connectivity index (χ0v) is 16.9. The number of nitrogens with zero attached hydrogens (tertiary/aromatic N) is 3. The van der Waals surface area contributed by atoms with Gasteiger partial charge >= 0.3 is 6.03 Å². The number of urea groups is 1. The summed E-state index contributed by atoms with van der Waals surface area (Å²) in [6, 6.07) is 7.89. The molecule has 0 saturated heterocycles. The van der Waals surface area contributed by atoms with Crippen LogP contribution in [0.3, 0.4) is 0 Å². The number of hydroxylamine groups is 1. The molecule has 2 amide bonds. The topological polar surface area (TPSA) is 107 Å². The lowest BCUT2D eigenvalue weighted by Gasteiger charge is -2.22. The molecule has 0 fully saturated rings. The van der Waals surface area contributed by atoms with Gasteiger partial charge in [0, 0.05) is 24.9 Å². The number of nitro benzene ring substituents is 1. The molecule has 10 heteroatoms. The van der Waals surface area contributed by atoms with Crippen LogP contribution in [0, 0.1) is 16.3 Å². The normalized spacial score (nSPS) is 15.5. The first-order valence-electron chi connectivity index (χ1n) is 8.91. The van der Waals surface area contributed by atoms with E-state index in [1.807, 2.05) is 12.1 Å². The molecule has 2 aromatic rings. The quantitative estimate of drug-likeness (QED) is 0.296. The monoisotopic (exact) mass is 427 g/mol. The number of thioether (sulfide) groups is 1. The van der Waals surface area contributed by atoms with Gasteiger partial charge in [0.05, 0.1) is 30.4 Å². The average molecular weight is 427 g/mol. The van der Waals surface area contributed by atoms with Gasteiger partial charge in [0.25, 0.3) is 5.69 Å². The number of allylic oxidation sites excluding steroid dienone is 1. The van der Waals surface area contributed by atoms with E-state index in [2.05, 4.69) is 16.7 Å². The Morgan fingerprint density at radius 2 is 2.17 bits per heavy atom. The van der Waals surface area contributed by atoms with Crippen LogP contribution in [-0.2, 0) is 11.3 Å². The highest BCUT2D eigenvalue weighted by Gasteiger charge is 2.28. The molecule has 155 valence electrons. The van der Waals surface area contributed by atoms with Gasteiger partial charge < -0.3 is 4.74 Å². The second-order valence-corrected chi connectivity index (χ2v) is 6.95. The van der Waals surface area contributed by atoms with Crippen LogP contribution in [-0.4, -0.2) is 34.6 Å². The van der Waals surface area contributed by atoms with Crippen molar-refractivity contribution in [3.05, 3.63) is 87.7 Å². The fourth-order valence-electron chi connectivity index (χ4n) is 2.79. The zero-order chi connectivity index (χ0) is 21.3. The van der Waals surface area contributed by atoms with Crippen LogP contribution >= 0.6 is 11.8 Å². The molecular formula is C20H19N4O5S. The first-order chi connectivity index (χ1) is 14.6. The number of rotatable bonds is 8. The second-order valence-electron chi connectivity index (χ2n) is 5.99. The van der Waals surface area contributed by atoms with E-state index in [4.69, 9.17) is 9.57 Å². The maximum Gasteiger partial charge on any atom is 0.347 e. The van der Waals surface area contributed by atoms with Gasteiger partial charge in [0.1, 0.15) is 11.1 Å². The lowest BCUT2D eigenvalue weighted by Crippen LogP contribution is -2.36. The van der Waals surface area contributed by atoms with Crippen molar-refractivity contribution in [2.75, 3.05) is 13.7 Å². The van der Waals surface area contributed by atoms with Crippen molar-refractivity contribution in [3.63, 3.8) is 0 Å². The predicted octanol–water partition coefficient (Wildman–Crippen LogP) is 3.76. The average Bonchev–Trinajstić information content (AvgIpc) is 3.26. The minimum absolute atomic E-state index is 0.00997. The number of pyridine rings is 1. The summed E-state index contributed by atoms with van der Waals surface area (Å²) in [6.45, 7) is 0.0965. The Labute approximate surface area is 177 Å². The Morgan fingerprint density at radius 1 is 1.37 bits per heavy atom. The molecule has 0 saturated carbocycles. The third-order valence-electron chi connectivity index (χ3n) is 4.19. The number of carbonyl (C=O) groups is 1. The Morgan fingerprint density at radius 3 is 2.90 bits per heavy atom. The molecule has 3 rings (SSSR count). The van der Waals surface area contributed by atoms with Crippen LogP contribution in [0.4, 0.5) is 10.5 Å². The summed E-state index contributed by atoms with van der Waals surface area (Å²) < 4.78 is 5.20. The van der Waals surface area contributed by atoms with Crippen LogP contribution in [0.5, 0.6) is 5.75 Å². The van der Waals surface area contributed by atoms with Crippen molar-refractivity contribution < 1.29 is 19.3 Å². The van der Waals surface area contributed by atoms with Crippen molar-refractivity contribution >= 4 is 23.5 Å². The Balaban J connectivity index is 1.50. The molecule has 30 heavy (non-hydrogen) atoms.